The van der Waals surface area contributed by atoms with Crippen LogP contribution >= 0.6 is 0 Å². The van der Waals surface area contributed by atoms with Crippen molar-refractivity contribution >= 4 is 123 Å². The molecule has 12 nitrogen and oxygen atoms in total. The van der Waals surface area contributed by atoms with E-state index in [2.05, 4.69) is 58.9 Å². The lowest BCUT2D eigenvalue weighted by molar-refractivity contribution is 0.0711. The highest BCUT2D eigenvalue weighted by atomic mass is 28.6. The maximum Gasteiger partial charge on any atom is 0.519 e. The summed E-state index contributed by atoms with van der Waals surface area (Å²) in [6, 6.07) is 68.9. The van der Waals surface area contributed by atoms with E-state index in [1.165, 1.54) is 0 Å². The minimum absolute atomic E-state index is 0.580. The summed E-state index contributed by atoms with van der Waals surface area (Å²) >= 11 is 0. The molecule has 0 aromatic heterocycles. The van der Waals surface area contributed by atoms with Crippen LogP contribution in [0.4, 0.5) is 0 Å². The molecule has 7 aromatic rings. The molecule has 0 aliphatic carbocycles. The molecule has 2 aliphatic rings. The van der Waals surface area contributed by atoms with Gasteiger partial charge in [0.2, 0.25) is 0 Å². The lowest BCUT2D eigenvalue weighted by atomic mass is 10.4. The molecule has 0 amide bonds. The SMILES string of the molecule is CO[Si](O[Si](C)(C)C)(O[Si]1(c2ccccc2)O[Si]2(c3ccccc3)O[Si](c3ccccc3)O[Si](O[Si](C)(C)C)(c3ccccc3)O[Si](c3ccccc3)(O2)O[Si](O[Si](C)(C)C)(c2ccccc2)O1)c1ccccc1. The van der Waals surface area contributed by atoms with Gasteiger partial charge in [-0.15, -0.1) is 0 Å². The molecule has 385 valence electrons. The highest BCUT2D eigenvalue weighted by molar-refractivity contribution is 7.08. The predicted octanol–water partition coefficient (Wildman–Crippen LogP) is 6.82. The summed E-state index contributed by atoms with van der Waals surface area (Å²) in [5.74, 6) is 0. The largest absolute Gasteiger partial charge is 0.519 e. The molecule has 2 bridgehead atoms. The summed E-state index contributed by atoms with van der Waals surface area (Å²) in [5.41, 5.74) is 0. The fourth-order valence-corrected chi connectivity index (χ4v) is 51.9. The average molecular weight is 1160 g/mol. The standard InChI is InChI=1S/C52H65O12Si10/c1-53-69(56-66(2,3)4,47-34-20-12-21-35-47)59-73(51-42-28-16-29-43-51)61-71(49-38-24-14-25-39-49)55-65(46-32-18-11-19-33-46)54-70(57-67(5,6)7,48-36-22-13-23-37-48)60-74(62-71,52-44-30-17-31-45-52)64-72(63-73,58-68(8,9)10)50-40-26-15-27-41-50/h11-45H,1-10H3. The first kappa shape index (κ1) is 55.0. The van der Waals surface area contributed by atoms with E-state index in [1.54, 1.807) is 7.11 Å². The molecule has 22 heteroatoms. The number of benzene rings is 7. The zero-order chi connectivity index (χ0) is 52.4. The second-order valence-corrected chi connectivity index (χ2v) is 54.2. The maximum absolute atomic E-state index is 8.36. The fourth-order valence-electron chi connectivity index (χ4n) is 8.62. The first-order valence-electron chi connectivity index (χ1n) is 24.7. The van der Waals surface area contributed by atoms with Gasteiger partial charge in [-0.05, 0) is 64.1 Å². The quantitative estimate of drug-likeness (QED) is 0.0949. The van der Waals surface area contributed by atoms with Crippen molar-refractivity contribution < 1.29 is 49.7 Å². The summed E-state index contributed by atoms with van der Waals surface area (Å²) in [5, 5.41) is 4.62. The zero-order valence-corrected chi connectivity index (χ0v) is 53.6. The van der Waals surface area contributed by atoms with Crippen molar-refractivity contribution in [1.29, 1.82) is 0 Å². The molecule has 2 heterocycles. The van der Waals surface area contributed by atoms with Crippen molar-refractivity contribution in [3.63, 3.8) is 0 Å². The first-order valence-corrected chi connectivity index (χ1v) is 46.6. The Labute approximate surface area is 448 Å². The monoisotopic (exact) mass is 1160 g/mol. The Morgan fingerprint density at radius 2 is 0.689 bits per heavy atom. The minimum atomic E-state index is -4.88. The van der Waals surface area contributed by atoms with Crippen molar-refractivity contribution in [3.8, 4) is 0 Å². The third kappa shape index (κ3) is 12.2. The van der Waals surface area contributed by atoms with Crippen molar-refractivity contribution in [2.75, 3.05) is 7.11 Å². The van der Waals surface area contributed by atoms with Crippen molar-refractivity contribution in [2.24, 2.45) is 0 Å². The van der Waals surface area contributed by atoms with E-state index in [9.17, 15) is 0 Å². The third-order valence-corrected chi connectivity index (χ3v) is 46.1. The molecule has 0 spiro atoms. The molecule has 2 fully saturated rings. The molecule has 6 atom stereocenters. The summed E-state index contributed by atoms with van der Waals surface area (Å²) in [4.78, 5) is 0. The highest BCUT2D eigenvalue weighted by Gasteiger charge is 2.76. The van der Waals surface area contributed by atoms with Gasteiger partial charge in [-0.1, -0.05) is 212 Å². The van der Waals surface area contributed by atoms with Crippen molar-refractivity contribution in [1.82, 2.24) is 0 Å². The van der Waals surface area contributed by atoms with E-state index in [4.69, 9.17) is 49.7 Å². The van der Waals surface area contributed by atoms with Gasteiger partial charge in [0.25, 0.3) is 0 Å². The molecule has 2 saturated heterocycles. The zero-order valence-electron chi connectivity index (χ0n) is 43.6. The third-order valence-electron chi connectivity index (χ3n) is 11.4. The molecular formula is C52H65O12Si10. The number of hydrogen-bond donors (Lipinski definition) is 0. The summed E-state index contributed by atoms with van der Waals surface area (Å²) in [7, 11) is -36.9. The molecule has 9 rings (SSSR count). The van der Waals surface area contributed by atoms with Crippen LogP contribution < -0.4 is 36.3 Å². The molecular weight excluding hydrogens is 1100 g/mol. The molecule has 0 N–H and O–H groups in total. The van der Waals surface area contributed by atoms with Crippen LogP contribution in [0.25, 0.3) is 0 Å². The predicted molar refractivity (Wildman–Crippen MR) is 312 cm³/mol. The van der Waals surface area contributed by atoms with E-state index < -0.39 is 87.1 Å². The van der Waals surface area contributed by atoms with E-state index in [-0.39, 0.29) is 0 Å². The lowest BCUT2D eigenvalue weighted by Crippen LogP contribution is -2.87. The van der Waals surface area contributed by atoms with Gasteiger partial charge in [-0.25, -0.2) is 0 Å². The van der Waals surface area contributed by atoms with Gasteiger partial charge < -0.3 is 49.7 Å². The second kappa shape index (κ2) is 21.9. The van der Waals surface area contributed by atoms with Crippen LogP contribution in [0, 0.1) is 0 Å². The second-order valence-electron chi connectivity index (χ2n) is 20.9. The van der Waals surface area contributed by atoms with Gasteiger partial charge in [0.1, 0.15) is 0 Å². The molecule has 7 aromatic carbocycles. The Morgan fingerprint density at radius 1 is 0.338 bits per heavy atom. The fraction of sp³-hybridized carbons (Fsp3) is 0.192. The van der Waals surface area contributed by atoms with E-state index in [0.29, 0.717) is 31.1 Å². The normalized spacial score (nSPS) is 25.9. The molecule has 1 radical (unpaired) electrons. The smallest absolute Gasteiger partial charge is 0.413 e. The molecule has 74 heavy (non-hydrogen) atoms. The lowest BCUT2D eigenvalue weighted by Gasteiger charge is -2.55. The van der Waals surface area contributed by atoms with Crippen LogP contribution in [0.5, 0.6) is 0 Å². The Bertz CT molecular complexity index is 2920. The van der Waals surface area contributed by atoms with Crippen LogP contribution in [0.2, 0.25) is 58.9 Å². The molecule has 2 aliphatic heterocycles. The highest BCUT2D eigenvalue weighted by Crippen LogP contribution is 2.40. The van der Waals surface area contributed by atoms with Gasteiger partial charge >= 0.3 is 62.1 Å². The number of rotatable bonds is 16. The van der Waals surface area contributed by atoms with Crippen LogP contribution in [-0.4, -0.2) is 94.2 Å². The van der Waals surface area contributed by atoms with Gasteiger partial charge in [0.15, 0.2) is 25.0 Å². The van der Waals surface area contributed by atoms with Crippen LogP contribution in [0.1, 0.15) is 0 Å². The van der Waals surface area contributed by atoms with E-state index >= 15 is 0 Å². The Balaban J connectivity index is 1.48. The van der Waals surface area contributed by atoms with E-state index in [1.807, 2.05) is 212 Å². The topological polar surface area (TPSA) is 111 Å². The Morgan fingerprint density at radius 3 is 1.12 bits per heavy atom. The van der Waals surface area contributed by atoms with Gasteiger partial charge in [0, 0.05) is 38.2 Å². The molecule has 0 saturated carbocycles. The average Bonchev–Trinajstić information content (AvgIpc) is 3.39. The van der Waals surface area contributed by atoms with Gasteiger partial charge in [0.05, 0.1) is 0 Å². The van der Waals surface area contributed by atoms with Gasteiger partial charge in [-0.2, -0.15) is 0 Å². The molecule has 6 unspecified atom stereocenters. The van der Waals surface area contributed by atoms with Crippen molar-refractivity contribution in [2.45, 2.75) is 58.9 Å². The summed E-state index contributed by atoms with van der Waals surface area (Å²) in [6.07, 6.45) is 0. The van der Waals surface area contributed by atoms with Crippen LogP contribution in [0.3, 0.4) is 0 Å². The maximum atomic E-state index is 8.36. The van der Waals surface area contributed by atoms with Crippen LogP contribution in [-0.2, 0) is 49.7 Å². The number of hydrogen-bond acceptors (Lipinski definition) is 12. The first-order chi connectivity index (χ1) is 35.2. The summed E-state index contributed by atoms with van der Waals surface area (Å²) < 4.78 is 95.1. The summed E-state index contributed by atoms with van der Waals surface area (Å²) in [6.45, 7) is 19.1. The van der Waals surface area contributed by atoms with Gasteiger partial charge in [-0.3, -0.25) is 0 Å². The Kier molecular flexibility index (Phi) is 16.3. The Hall–Kier alpha value is -3.77. The van der Waals surface area contributed by atoms with Crippen LogP contribution in [0.15, 0.2) is 212 Å². The number of fused-ring (bicyclic) bond motifs is 2. The van der Waals surface area contributed by atoms with Crippen molar-refractivity contribution in [3.05, 3.63) is 212 Å². The van der Waals surface area contributed by atoms with E-state index in [0.717, 1.165) is 5.19 Å². The minimum Gasteiger partial charge on any atom is -0.413 e.